The maximum absolute atomic E-state index is 5.94. The summed E-state index contributed by atoms with van der Waals surface area (Å²) in [5.74, 6) is 2.56. The van der Waals surface area contributed by atoms with Gasteiger partial charge in [-0.25, -0.2) is 0 Å². The Morgan fingerprint density at radius 2 is 1.80 bits per heavy atom. The molecule has 1 aliphatic rings. The highest BCUT2D eigenvalue weighted by atomic mass is 14.9. The first-order valence-electron chi connectivity index (χ1n) is 6.72. The number of hydrogen-bond donors (Lipinski definition) is 2. The Hall–Kier alpha value is -0.0800. The highest BCUT2D eigenvalue weighted by Crippen LogP contribution is 2.29. The van der Waals surface area contributed by atoms with Crippen LogP contribution in [0, 0.1) is 17.8 Å². The van der Waals surface area contributed by atoms with Gasteiger partial charge >= 0.3 is 0 Å². The van der Waals surface area contributed by atoms with E-state index in [1.54, 1.807) is 0 Å². The van der Waals surface area contributed by atoms with Crippen LogP contribution in [-0.2, 0) is 0 Å². The van der Waals surface area contributed by atoms with Crippen molar-refractivity contribution >= 4 is 0 Å². The molecule has 1 aliphatic heterocycles. The van der Waals surface area contributed by atoms with Crippen LogP contribution in [0.4, 0.5) is 0 Å². The average Bonchev–Trinajstić information content (AvgIpc) is 2.32. The molecule has 1 saturated heterocycles. The Labute approximate surface area is 95.0 Å². The lowest BCUT2D eigenvalue weighted by Gasteiger charge is -2.32. The van der Waals surface area contributed by atoms with Gasteiger partial charge in [0, 0.05) is 0 Å². The Morgan fingerprint density at radius 3 is 2.27 bits per heavy atom. The van der Waals surface area contributed by atoms with Crippen LogP contribution in [0.25, 0.3) is 0 Å². The van der Waals surface area contributed by atoms with Gasteiger partial charge in [0.15, 0.2) is 0 Å². The van der Waals surface area contributed by atoms with Gasteiger partial charge in [0.1, 0.15) is 0 Å². The van der Waals surface area contributed by atoms with E-state index in [0.717, 1.165) is 24.3 Å². The molecule has 2 heteroatoms. The second kappa shape index (κ2) is 7.24. The Kier molecular flexibility index (Phi) is 6.26. The third-order valence-electron chi connectivity index (χ3n) is 4.14. The molecule has 1 rings (SSSR count). The highest BCUT2D eigenvalue weighted by molar-refractivity contribution is 4.78. The summed E-state index contributed by atoms with van der Waals surface area (Å²) in [7, 11) is 0. The molecule has 15 heavy (non-hydrogen) atoms. The molecule has 1 fully saturated rings. The smallest absolute Gasteiger partial charge is 0.00461 e. The van der Waals surface area contributed by atoms with Gasteiger partial charge in [0.25, 0.3) is 0 Å². The van der Waals surface area contributed by atoms with Gasteiger partial charge in [0.05, 0.1) is 0 Å². The molecule has 0 aromatic carbocycles. The number of nitrogens with two attached hydrogens (primary N) is 1. The topological polar surface area (TPSA) is 38.0 Å². The van der Waals surface area contributed by atoms with Crippen LogP contribution < -0.4 is 11.1 Å². The molecular weight excluding hydrogens is 184 g/mol. The Bertz CT molecular complexity index is 149. The quantitative estimate of drug-likeness (QED) is 0.709. The van der Waals surface area contributed by atoms with Gasteiger partial charge in [-0.15, -0.1) is 0 Å². The van der Waals surface area contributed by atoms with E-state index in [1.807, 2.05) is 0 Å². The van der Waals surface area contributed by atoms with Crippen molar-refractivity contribution in [1.29, 1.82) is 0 Å². The molecule has 90 valence electrons. The van der Waals surface area contributed by atoms with E-state index in [1.165, 1.54) is 45.2 Å². The van der Waals surface area contributed by atoms with Gasteiger partial charge in [-0.1, -0.05) is 26.7 Å². The first-order chi connectivity index (χ1) is 7.31. The van der Waals surface area contributed by atoms with Crippen LogP contribution in [0.15, 0.2) is 0 Å². The molecule has 0 aromatic heterocycles. The number of nitrogens with one attached hydrogen (secondary N) is 1. The average molecular weight is 212 g/mol. The molecule has 0 saturated carbocycles. The summed E-state index contributed by atoms with van der Waals surface area (Å²) >= 11 is 0. The van der Waals surface area contributed by atoms with Crippen molar-refractivity contribution < 1.29 is 0 Å². The van der Waals surface area contributed by atoms with Crippen LogP contribution in [0.2, 0.25) is 0 Å². The van der Waals surface area contributed by atoms with Crippen molar-refractivity contribution in [2.75, 3.05) is 19.6 Å². The van der Waals surface area contributed by atoms with E-state index in [9.17, 15) is 0 Å². The van der Waals surface area contributed by atoms with Crippen LogP contribution in [-0.4, -0.2) is 19.6 Å². The summed E-state index contributed by atoms with van der Waals surface area (Å²) < 4.78 is 0. The molecule has 0 unspecified atom stereocenters. The minimum Gasteiger partial charge on any atom is -0.330 e. The van der Waals surface area contributed by atoms with Gasteiger partial charge in [0.2, 0.25) is 0 Å². The molecule has 1 atom stereocenters. The van der Waals surface area contributed by atoms with Gasteiger partial charge < -0.3 is 11.1 Å². The largest absolute Gasteiger partial charge is 0.330 e. The molecule has 0 bridgehead atoms. The zero-order valence-electron chi connectivity index (χ0n) is 10.5. The van der Waals surface area contributed by atoms with Crippen LogP contribution in [0.1, 0.15) is 46.0 Å². The third-order valence-corrected chi connectivity index (χ3v) is 4.14. The van der Waals surface area contributed by atoms with Crippen molar-refractivity contribution in [3.8, 4) is 0 Å². The molecule has 0 aromatic rings. The predicted octanol–water partition coefficient (Wildman–Crippen LogP) is 2.39. The van der Waals surface area contributed by atoms with E-state index in [4.69, 9.17) is 5.73 Å². The Balaban J connectivity index is 2.38. The maximum atomic E-state index is 5.94. The fraction of sp³-hybridized carbons (Fsp3) is 1.00. The van der Waals surface area contributed by atoms with E-state index in [2.05, 4.69) is 19.2 Å². The summed E-state index contributed by atoms with van der Waals surface area (Å²) in [6.45, 7) is 7.91. The van der Waals surface area contributed by atoms with E-state index in [0.29, 0.717) is 0 Å². The molecule has 0 spiro atoms. The van der Waals surface area contributed by atoms with Crippen molar-refractivity contribution in [2.24, 2.45) is 23.5 Å². The first-order valence-corrected chi connectivity index (χ1v) is 6.72. The fourth-order valence-electron chi connectivity index (χ4n) is 2.85. The van der Waals surface area contributed by atoms with Crippen LogP contribution in [0.5, 0.6) is 0 Å². The number of piperidine rings is 1. The Morgan fingerprint density at radius 1 is 1.20 bits per heavy atom. The van der Waals surface area contributed by atoms with Crippen molar-refractivity contribution in [1.82, 2.24) is 5.32 Å². The van der Waals surface area contributed by atoms with Gasteiger partial charge in [-0.2, -0.15) is 0 Å². The van der Waals surface area contributed by atoms with Gasteiger partial charge in [-0.05, 0) is 56.7 Å². The zero-order chi connectivity index (χ0) is 11.1. The minimum absolute atomic E-state index is 0.775. The van der Waals surface area contributed by atoms with E-state index >= 15 is 0 Å². The first kappa shape index (κ1) is 13.0. The normalized spacial score (nSPS) is 20.8. The third kappa shape index (κ3) is 4.12. The summed E-state index contributed by atoms with van der Waals surface area (Å²) in [5, 5.41) is 3.43. The summed E-state index contributed by atoms with van der Waals surface area (Å²) in [6.07, 6.45) is 6.66. The number of rotatable bonds is 6. The zero-order valence-corrected chi connectivity index (χ0v) is 10.5. The van der Waals surface area contributed by atoms with E-state index < -0.39 is 0 Å². The molecule has 3 N–H and O–H groups in total. The highest BCUT2D eigenvalue weighted by Gasteiger charge is 2.24. The van der Waals surface area contributed by atoms with Crippen LogP contribution in [0.3, 0.4) is 0 Å². The minimum atomic E-state index is 0.775. The maximum Gasteiger partial charge on any atom is -0.00461 e. The second-order valence-electron chi connectivity index (χ2n) is 5.00. The predicted molar refractivity (Wildman–Crippen MR) is 66.8 cm³/mol. The van der Waals surface area contributed by atoms with Crippen molar-refractivity contribution in [3.63, 3.8) is 0 Å². The lowest BCUT2D eigenvalue weighted by Crippen LogP contribution is -2.35. The molecule has 0 aliphatic carbocycles. The summed E-state index contributed by atoms with van der Waals surface area (Å²) in [4.78, 5) is 0. The lowest BCUT2D eigenvalue weighted by atomic mass is 9.78. The second-order valence-corrected chi connectivity index (χ2v) is 5.00. The van der Waals surface area contributed by atoms with Gasteiger partial charge in [-0.3, -0.25) is 0 Å². The fourth-order valence-corrected chi connectivity index (χ4v) is 2.85. The van der Waals surface area contributed by atoms with E-state index in [-0.39, 0.29) is 0 Å². The SMILES string of the molecule is CCC(CC)C[C@H](CN)C1CCNCC1. The standard InChI is InChI=1S/C13H28N2/c1-3-11(4-2)9-13(10-14)12-5-7-15-8-6-12/h11-13,15H,3-10,14H2,1-2H3/t13-/m1/s1. The summed E-state index contributed by atoms with van der Waals surface area (Å²) in [5.41, 5.74) is 5.94. The van der Waals surface area contributed by atoms with Crippen molar-refractivity contribution in [3.05, 3.63) is 0 Å². The molecular formula is C13H28N2. The molecule has 2 nitrogen and oxygen atoms in total. The monoisotopic (exact) mass is 212 g/mol. The molecule has 0 amide bonds. The van der Waals surface area contributed by atoms with Crippen molar-refractivity contribution in [2.45, 2.75) is 46.0 Å². The molecule has 1 heterocycles. The number of hydrogen-bond acceptors (Lipinski definition) is 2. The molecule has 0 radical (unpaired) electrons. The lowest BCUT2D eigenvalue weighted by molar-refractivity contribution is 0.218. The summed E-state index contributed by atoms with van der Waals surface area (Å²) in [6, 6.07) is 0. The van der Waals surface area contributed by atoms with Crippen LogP contribution >= 0.6 is 0 Å².